The first-order chi connectivity index (χ1) is 14.5. The summed E-state index contributed by atoms with van der Waals surface area (Å²) in [6, 6.07) is 4.84. The maximum atomic E-state index is 12.6. The van der Waals surface area contributed by atoms with Crippen LogP contribution in [0.2, 0.25) is 0 Å². The summed E-state index contributed by atoms with van der Waals surface area (Å²) >= 11 is 1.29. The lowest BCUT2D eigenvalue weighted by atomic mass is 10.1. The lowest BCUT2D eigenvalue weighted by Gasteiger charge is -2.26. The Morgan fingerprint density at radius 1 is 1.27 bits per heavy atom. The van der Waals surface area contributed by atoms with Gasteiger partial charge in [-0.15, -0.1) is 11.3 Å². The van der Waals surface area contributed by atoms with E-state index in [2.05, 4.69) is 10.3 Å². The highest BCUT2D eigenvalue weighted by Gasteiger charge is 2.21. The fraction of sp³-hybridized carbons (Fsp3) is 0.400. The Hall–Kier alpha value is -3.14. The third-order valence-electron chi connectivity index (χ3n) is 5.14. The van der Waals surface area contributed by atoms with Gasteiger partial charge in [-0.05, 0) is 43.9 Å². The Balaban J connectivity index is 1.58. The van der Waals surface area contributed by atoms with Gasteiger partial charge < -0.3 is 20.4 Å². The molecule has 1 fully saturated rings. The minimum absolute atomic E-state index is 0.0951. The number of nitrogen functional groups attached to an aromatic ring is 1. The molecule has 0 aliphatic carbocycles. The number of likely N-dealkylation sites (tertiary alicyclic amines) is 1. The van der Waals surface area contributed by atoms with Gasteiger partial charge in [0.25, 0.3) is 5.91 Å². The molecule has 0 radical (unpaired) electrons. The monoisotopic (exact) mass is 429 g/mol. The van der Waals surface area contributed by atoms with Crippen LogP contribution >= 0.6 is 11.3 Å². The predicted octanol–water partition coefficient (Wildman–Crippen LogP) is 2.46. The molecule has 10 heteroatoms. The molecule has 3 aromatic rings. The molecule has 0 bridgehead atoms. The van der Waals surface area contributed by atoms with E-state index in [1.807, 2.05) is 6.92 Å². The quantitative estimate of drug-likeness (QED) is 0.642. The number of aromatic nitrogens is 2. The molecule has 1 saturated heterocycles. The van der Waals surface area contributed by atoms with Crippen LogP contribution in [0.25, 0.3) is 11.1 Å². The van der Waals surface area contributed by atoms with Crippen LogP contribution in [0.5, 0.6) is 0 Å². The standard InChI is InChI=1S/C20H23N5O4S/c1-2-15-23-17(18(21)30-15)19(27)22-12-6-7-14-13(10-12)25(20(28)29-14)11-16(26)24-8-4-3-5-9-24/h6-7,10H,2-5,8-9,11,21H2,1H3,(H,22,27). The number of hydrogen-bond acceptors (Lipinski definition) is 7. The maximum absolute atomic E-state index is 12.6. The fourth-order valence-corrected chi connectivity index (χ4v) is 4.32. The lowest BCUT2D eigenvalue weighted by Crippen LogP contribution is -2.39. The molecule has 158 valence electrons. The Bertz CT molecular complexity index is 1160. The second-order valence-corrected chi connectivity index (χ2v) is 8.32. The first kappa shape index (κ1) is 20.1. The van der Waals surface area contributed by atoms with Gasteiger partial charge in [0.15, 0.2) is 11.3 Å². The summed E-state index contributed by atoms with van der Waals surface area (Å²) in [5, 5.41) is 3.90. The van der Waals surface area contributed by atoms with Crippen LogP contribution in [0.15, 0.2) is 27.4 Å². The average Bonchev–Trinajstić information content (AvgIpc) is 3.28. The summed E-state index contributed by atoms with van der Waals surface area (Å²) in [5.41, 5.74) is 7.35. The van der Waals surface area contributed by atoms with Gasteiger partial charge in [0.1, 0.15) is 11.5 Å². The van der Waals surface area contributed by atoms with E-state index < -0.39 is 11.7 Å². The van der Waals surface area contributed by atoms with Crippen molar-refractivity contribution in [2.75, 3.05) is 24.1 Å². The predicted molar refractivity (Wildman–Crippen MR) is 115 cm³/mol. The number of fused-ring (bicyclic) bond motifs is 1. The zero-order valence-electron chi connectivity index (χ0n) is 16.6. The van der Waals surface area contributed by atoms with Crippen molar-refractivity contribution in [1.82, 2.24) is 14.5 Å². The van der Waals surface area contributed by atoms with Gasteiger partial charge in [-0.2, -0.15) is 0 Å². The van der Waals surface area contributed by atoms with E-state index in [0.29, 0.717) is 41.3 Å². The maximum Gasteiger partial charge on any atom is 0.420 e. The Labute approximate surface area is 176 Å². The van der Waals surface area contributed by atoms with Crippen LogP contribution in [0.4, 0.5) is 10.7 Å². The number of piperidine rings is 1. The van der Waals surface area contributed by atoms with Crippen molar-refractivity contribution < 1.29 is 14.0 Å². The molecule has 4 rings (SSSR count). The second-order valence-electron chi connectivity index (χ2n) is 7.21. The molecule has 30 heavy (non-hydrogen) atoms. The van der Waals surface area contributed by atoms with Crippen LogP contribution in [0, 0.1) is 0 Å². The molecule has 0 spiro atoms. The van der Waals surface area contributed by atoms with Gasteiger partial charge >= 0.3 is 5.76 Å². The van der Waals surface area contributed by atoms with Crippen LogP contribution in [-0.2, 0) is 17.8 Å². The van der Waals surface area contributed by atoms with E-state index in [-0.39, 0.29) is 18.1 Å². The van der Waals surface area contributed by atoms with Gasteiger partial charge in [0.05, 0.1) is 10.5 Å². The molecule has 2 amide bonds. The van der Waals surface area contributed by atoms with Gasteiger partial charge in [-0.3, -0.25) is 14.2 Å². The Morgan fingerprint density at radius 3 is 2.73 bits per heavy atom. The van der Waals surface area contributed by atoms with Gasteiger partial charge in [-0.1, -0.05) is 6.92 Å². The minimum Gasteiger partial charge on any atom is -0.408 e. The van der Waals surface area contributed by atoms with Crippen molar-refractivity contribution >= 4 is 44.9 Å². The van der Waals surface area contributed by atoms with Crippen molar-refractivity contribution in [3.8, 4) is 0 Å². The number of nitrogens with one attached hydrogen (secondary N) is 1. The van der Waals surface area contributed by atoms with Crippen molar-refractivity contribution in [2.24, 2.45) is 0 Å². The second kappa shape index (κ2) is 8.31. The normalized spacial score (nSPS) is 14.2. The summed E-state index contributed by atoms with van der Waals surface area (Å²) in [6.07, 6.45) is 3.76. The van der Waals surface area contributed by atoms with E-state index >= 15 is 0 Å². The summed E-state index contributed by atoms with van der Waals surface area (Å²) in [5.74, 6) is -1.14. The highest BCUT2D eigenvalue weighted by Crippen LogP contribution is 2.24. The molecule has 3 N–H and O–H groups in total. The number of anilines is 2. The molecule has 0 saturated carbocycles. The van der Waals surface area contributed by atoms with Crippen molar-refractivity contribution in [3.05, 3.63) is 39.5 Å². The Morgan fingerprint density at radius 2 is 2.03 bits per heavy atom. The third kappa shape index (κ3) is 3.95. The number of oxazole rings is 1. The van der Waals surface area contributed by atoms with Crippen LogP contribution in [0.3, 0.4) is 0 Å². The molecule has 2 aromatic heterocycles. The van der Waals surface area contributed by atoms with E-state index in [1.165, 1.54) is 15.9 Å². The zero-order valence-corrected chi connectivity index (χ0v) is 17.5. The summed E-state index contributed by atoms with van der Waals surface area (Å²) in [6.45, 7) is 3.26. The molecule has 9 nitrogen and oxygen atoms in total. The Kier molecular flexibility index (Phi) is 5.58. The molecule has 0 atom stereocenters. The van der Waals surface area contributed by atoms with Gasteiger partial charge in [0, 0.05) is 18.8 Å². The number of nitrogens with two attached hydrogens (primary N) is 1. The molecule has 0 unspecified atom stereocenters. The molecular formula is C20H23N5O4S. The number of carbonyl (C=O) groups excluding carboxylic acids is 2. The summed E-state index contributed by atoms with van der Waals surface area (Å²) < 4.78 is 6.56. The molecule has 1 aliphatic rings. The van der Waals surface area contributed by atoms with Crippen molar-refractivity contribution in [2.45, 2.75) is 39.2 Å². The molecule has 1 aliphatic heterocycles. The van der Waals surface area contributed by atoms with Gasteiger partial charge in [0.2, 0.25) is 5.91 Å². The topological polar surface area (TPSA) is 123 Å². The highest BCUT2D eigenvalue weighted by atomic mass is 32.1. The first-order valence-corrected chi connectivity index (χ1v) is 10.8. The number of thiazole rings is 1. The van der Waals surface area contributed by atoms with E-state index in [9.17, 15) is 14.4 Å². The SMILES string of the molecule is CCc1nc(C(=O)Nc2ccc3oc(=O)n(CC(=O)N4CCCCC4)c3c2)c(N)s1. The summed E-state index contributed by atoms with van der Waals surface area (Å²) in [4.78, 5) is 43.5. The number of carbonyl (C=O) groups is 2. The van der Waals surface area contributed by atoms with E-state index in [1.54, 1.807) is 23.1 Å². The summed E-state index contributed by atoms with van der Waals surface area (Å²) in [7, 11) is 0. The number of amides is 2. The highest BCUT2D eigenvalue weighted by molar-refractivity contribution is 7.15. The molecular weight excluding hydrogens is 406 g/mol. The van der Waals surface area contributed by atoms with Crippen molar-refractivity contribution in [1.29, 1.82) is 0 Å². The fourth-order valence-electron chi connectivity index (χ4n) is 3.55. The smallest absolute Gasteiger partial charge is 0.408 e. The minimum atomic E-state index is -0.602. The largest absolute Gasteiger partial charge is 0.420 e. The number of benzene rings is 1. The van der Waals surface area contributed by atoms with Gasteiger partial charge in [-0.25, -0.2) is 9.78 Å². The van der Waals surface area contributed by atoms with E-state index in [4.69, 9.17) is 10.2 Å². The third-order valence-corrected chi connectivity index (χ3v) is 6.17. The van der Waals surface area contributed by atoms with Crippen molar-refractivity contribution in [3.63, 3.8) is 0 Å². The average molecular weight is 430 g/mol. The number of hydrogen-bond donors (Lipinski definition) is 2. The number of nitrogens with zero attached hydrogens (tertiary/aromatic N) is 3. The molecule has 3 heterocycles. The van der Waals surface area contributed by atoms with Crippen LogP contribution < -0.4 is 16.8 Å². The zero-order chi connectivity index (χ0) is 21.3. The number of rotatable bonds is 5. The lowest BCUT2D eigenvalue weighted by molar-refractivity contribution is -0.132. The van der Waals surface area contributed by atoms with E-state index in [0.717, 1.165) is 24.3 Å². The molecule has 1 aromatic carbocycles. The number of aryl methyl sites for hydroxylation is 1. The van der Waals surface area contributed by atoms with Crippen LogP contribution in [-0.4, -0.2) is 39.4 Å². The first-order valence-electron chi connectivity index (χ1n) is 9.94. The van der Waals surface area contributed by atoms with Crippen LogP contribution in [0.1, 0.15) is 41.7 Å².